The molecule has 33 heavy (non-hydrogen) atoms. The van der Waals surface area contributed by atoms with E-state index in [-0.39, 0.29) is 12.0 Å². The van der Waals surface area contributed by atoms with Crippen LogP contribution in [0.4, 0.5) is 0 Å². The van der Waals surface area contributed by atoms with Crippen molar-refractivity contribution in [1.82, 2.24) is 0 Å². The molecule has 0 spiro atoms. The summed E-state index contributed by atoms with van der Waals surface area (Å²) in [6, 6.07) is 21.3. The summed E-state index contributed by atoms with van der Waals surface area (Å²) >= 11 is 0. The summed E-state index contributed by atoms with van der Waals surface area (Å²) in [6.07, 6.45) is -0.940. The van der Waals surface area contributed by atoms with Crippen LogP contribution in [0.5, 0.6) is 11.5 Å². The molecule has 0 aliphatic rings. The Morgan fingerprint density at radius 2 is 1.73 bits per heavy atom. The van der Waals surface area contributed by atoms with Gasteiger partial charge in [0.2, 0.25) is 11.5 Å². The standard InChI is InChI=1S/C27H24O6/c1-4-31-27(29)26(18-10-6-5-7-11-18)33-19-14-15-21-23(16-19)32-17(2)24(25(21)28)20-12-8-9-13-22(20)30-3/h5-16,26H,4H2,1-3H3. The molecular formula is C27H24O6. The highest BCUT2D eigenvalue weighted by atomic mass is 16.6. The Morgan fingerprint density at radius 1 is 1.00 bits per heavy atom. The minimum atomic E-state index is -0.940. The van der Waals surface area contributed by atoms with E-state index in [2.05, 4.69) is 0 Å². The van der Waals surface area contributed by atoms with Crippen LogP contribution < -0.4 is 14.9 Å². The molecule has 1 aromatic heterocycles. The molecule has 1 atom stereocenters. The van der Waals surface area contributed by atoms with Gasteiger partial charge in [0, 0.05) is 17.2 Å². The van der Waals surface area contributed by atoms with Crippen LogP contribution in [-0.2, 0) is 9.53 Å². The number of esters is 1. The third-order valence-corrected chi connectivity index (χ3v) is 5.27. The van der Waals surface area contributed by atoms with Gasteiger partial charge in [-0.05, 0) is 32.0 Å². The van der Waals surface area contributed by atoms with E-state index in [1.165, 1.54) is 0 Å². The van der Waals surface area contributed by atoms with Crippen LogP contribution >= 0.6 is 0 Å². The molecule has 4 rings (SSSR count). The second-order valence-corrected chi connectivity index (χ2v) is 7.38. The van der Waals surface area contributed by atoms with Crippen LogP contribution in [0.3, 0.4) is 0 Å². The molecule has 0 aliphatic heterocycles. The minimum absolute atomic E-state index is 0.171. The van der Waals surface area contributed by atoms with Crippen molar-refractivity contribution in [2.75, 3.05) is 13.7 Å². The number of hydrogen-bond acceptors (Lipinski definition) is 6. The van der Waals surface area contributed by atoms with Gasteiger partial charge in [-0.2, -0.15) is 0 Å². The topological polar surface area (TPSA) is 75.0 Å². The zero-order valence-corrected chi connectivity index (χ0v) is 18.7. The fourth-order valence-electron chi connectivity index (χ4n) is 3.76. The molecule has 3 aromatic carbocycles. The average Bonchev–Trinajstić information content (AvgIpc) is 2.83. The third kappa shape index (κ3) is 4.46. The predicted octanol–water partition coefficient (Wildman–Crippen LogP) is 5.46. The van der Waals surface area contributed by atoms with Crippen molar-refractivity contribution in [3.8, 4) is 22.6 Å². The molecule has 168 valence electrons. The van der Waals surface area contributed by atoms with Gasteiger partial charge in [0.1, 0.15) is 22.8 Å². The first kappa shape index (κ1) is 22.1. The Kier molecular flexibility index (Phi) is 6.45. The quantitative estimate of drug-likeness (QED) is 0.352. The van der Waals surface area contributed by atoms with Crippen LogP contribution in [0.1, 0.15) is 24.4 Å². The zero-order chi connectivity index (χ0) is 23.4. The van der Waals surface area contributed by atoms with Crippen molar-refractivity contribution in [1.29, 1.82) is 0 Å². The number of methoxy groups -OCH3 is 1. The van der Waals surface area contributed by atoms with Crippen molar-refractivity contribution in [2.24, 2.45) is 0 Å². The summed E-state index contributed by atoms with van der Waals surface area (Å²) in [5, 5.41) is 0.404. The normalized spacial score (nSPS) is 11.7. The first-order valence-corrected chi connectivity index (χ1v) is 10.6. The largest absolute Gasteiger partial charge is 0.496 e. The van der Waals surface area contributed by atoms with Crippen molar-refractivity contribution in [2.45, 2.75) is 20.0 Å². The fourth-order valence-corrected chi connectivity index (χ4v) is 3.76. The minimum Gasteiger partial charge on any atom is -0.496 e. The molecule has 0 saturated carbocycles. The fraction of sp³-hybridized carbons (Fsp3) is 0.185. The Morgan fingerprint density at radius 3 is 2.45 bits per heavy atom. The van der Waals surface area contributed by atoms with Crippen LogP contribution in [0, 0.1) is 6.92 Å². The molecule has 1 heterocycles. The third-order valence-electron chi connectivity index (χ3n) is 5.27. The van der Waals surface area contributed by atoms with Gasteiger partial charge in [-0.3, -0.25) is 4.79 Å². The molecular weight excluding hydrogens is 420 g/mol. The van der Waals surface area contributed by atoms with Gasteiger partial charge in [0.05, 0.1) is 24.7 Å². The second-order valence-electron chi connectivity index (χ2n) is 7.38. The van der Waals surface area contributed by atoms with Crippen molar-refractivity contribution in [3.05, 3.63) is 94.3 Å². The number of carbonyl (C=O) groups is 1. The molecule has 1 unspecified atom stereocenters. The smallest absolute Gasteiger partial charge is 0.352 e. The van der Waals surface area contributed by atoms with Gasteiger partial charge in [0.25, 0.3) is 0 Å². The number of rotatable bonds is 7. The summed E-state index contributed by atoms with van der Waals surface area (Å²) < 4.78 is 22.6. The van der Waals surface area contributed by atoms with Crippen LogP contribution in [-0.4, -0.2) is 19.7 Å². The molecule has 0 radical (unpaired) electrons. The van der Waals surface area contributed by atoms with Crippen LogP contribution in [0.15, 0.2) is 82.0 Å². The highest BCUT2D eigenvalue weighted by Gasteiger charge is 2.25. The molecule has 0 N–H and O–H groups in total. The lowest BCUT2D eigenvalue weighted by Crippen LogP contribution is -2.21. The highest BCUT2D eigenvalue weighted by molar-refractivity contribution is 5.85. The van der Waals surface area contributed by atoms with Gasteiger partial charge < -0.3 is 18.6 Å². The van der Waals surface area contributed by atoms with E-state index >= 15 is 0 Å². The Balaban J connectivity index is 1.76. The average molecular weight is 444 g/mol. The first-order valence-electron chi connectivity index (χ1n) is 10.6. The summed E-state index contributed by atoms with van der Waals surface area (Å²) in [5.74, 6) is 0.941. The lowest BCUT2D eigenvalue weighted by Gasteiger charge is -2.18. The van der Waals surface area contributed by atoms with Gasteiger partial charge in [-0.25, -0.2) is 4.79 Å². The second kappa shape index (κ2) is 9.61. The van der Waals surface area contributed by atoms with Gasteiger partial charge in [0.15, 0.2) is 0 Å². The van der Waals surface area contributed by atoms with Crippen molar-refractivity contribution in [3.63, 3.8) is 0 Å². The number of para-hydroxylation sites is 1. The summed E-state index contributed by atoms with van der Waals surface area (Å²) in [6.45, 7) is 3.72. The van der Waals surface area contributed by atoms with Gasteiger partial charge in [-0.1, -0.05) is 48.5 Å². The van der Waals surface area contributed by atoms with E-state index in [1.54, 1.807) is 57.4 Å². The lowest BCUT2D eigenvalue weighted by atomic mass is 10.0. The van der Waals surface area contributed by atoms with E-state index in [1.807, 2.05) is 36.4 Å². The molecule has 4 aromatic rings. The number of fused-ring (bicyclic) bond motifs is 1. The predicted molar refractivity (Wildman–Crippen MR) is 126 cm³/mol. The maximum Gasteiger partial charge on any atom is 0.352 e. The van der Waals surface area contributed by atoms with E-state index in [0.29, 0.717) is 44.9 Å². The van der Waals surface area contributed by atoms with Crippen LogP contribution in [0.25, 0.3) is 22.1 Å². The van der Waals surface area contributed by atoms with Crippen molar-refractivity contribution >= 4 is 16.9 Å². The Bertz CT molecular complexity index is 1340. The summed E-state index contributed by atoms with van der Waals surface area (Å²) in [7, 11) is 1.56. The molecule has 0 saturated heterocycles. The number of hydrogen-bond donors (Lipinski definition) is 0. The van der Waals surface area contributed by atoms with Crippen LogP contribution in [0.2, 0.25) is 0 Å². The molecule has 6 nitrogen and oxygen atoms in total. The molecule has 0 aliphatic carbocycles. The zero-order valence-electron chi connectivity index (χ0n) is 18.7. The maximum atomic E-state index is 13.3. The van der Waals surface area contributed by atoms with E-state index in [0.717, 1.165) is 0 Å². The molecule has 0 fully saturated rings. The first-order chi connectivity index (χ1) is 16.0. The molecule has 6 heteroatoms. The van der Waals surface area contributed by atoms with Gasteiger partial charge >= 0.3 is 5.97 Å². The molecule has 0 amide bonds. The number of ether oxygens (including phenoxy) is 3. The van der Waals surface area contributed by atoms with E-state index < -0.39 is 12.1 Å². The highest BCUT2D eigenvalue weighted by Crippen LogP contribution is 2.33. The number of aryl methyl sites for hydroxylation is 1. The maximum absolute atomic E-state index is 13.3. The number of carbonyl (C=O) groups excluding carboxylic acids is 1. The lowest BCUT2D eigenvalue weighted by molar-refractivity contribution is -0.151. The van der Waals surface area contributed by atoms with Gasteiger partial charge in [-0.15, -0.1) is 0 Å². The summed E-state index contributed by atoms with van der Waals surface area (Å²) in [5.41, 5.74) is 1.97. The Hall–Kier alpha value is -4.06. The SMILES string of the molecule is CCOC(=O)C(Oc1ccc2c(=O)c(-c3ccccc3OC)c(C)oc2c1)c1ccccc1. The van der Waals surface area contributed by atoms with E-state index in [4.69, 9.17) is 18.6 Å². The monoisotopic (exact) mass is 444 g/mol. The summed E-state index contributed by atoms with van der Waals surface area (Å²) in [4.78, 5) is 25.9. The Labute approximate surface area is 191 Å². The number of benzene rings is 3. The van der Waals surface area contributed by atoms with Crippen molar-refractivity contribution < 1.29 is 23.4 Å². The molecule has 0 bridgehead atoms. The van der Waals surface area contributed by atoms with E-state index in [9.17, 15) is 9.59 Å².